The monoisotopic (exact) mass is 208 g/mol. The average Bonchev–Trinajstić information content (AvgIpc) is 2.82. The first kappa shape index (κ1) is 10.4. The van der Waals surface area contributed by atoms with Crippen molar-refractivity contribution in [3.63, 3.8) is 0 Å². The first-order valence-corrected chi connectivity index (χ1v) is 5.25. The van der Waals surface area contributed by atoms with Crippen molar-refractivity contribution in [2.45, 2.75) is 24.8 Å². The zero-order chi connectivity index (χ0) is 11.1. The Labute approximate surface area is 89.9 Å². The van der Waals surface area contributed by atoms with Gasteiger partial charge in [-0.25, -0.2) is 4.39 Å². The van der Waals surface area contributed by atoms with E-state index in [1.54, 1.807) is 11.0 Å². The molecular weight excluding hydrogens is 191 g/mol. The minimum atomic E-state index is -0.165. The maximum absolute atomic E-state index is 13.6. The van der Waals surface area contributed by atoms with Crippen LogP contribution in [0.2, 0.25) is 0 Å². The van der Waals surface area contributed by atoms with Gasteiger partial charge in [0.1, 0.15) is 5.82 Å². The zero-order valence-corrected chi connectivity index (χ0v) is 9.26. The van der Waals surface area contributed by atoms with Crippen LogP contribution in [0.3, 0.4) is 0 Å². The highest BCUT2D eigenvalue weighted by atomic mass is 19.1. The molecule has 0 atom stereocenters. The molecule has 3 heteroatoms. The summed E-state index contributed by atoms with van der Waals surface area (Å²) < 4.78 is 13.6. The Kier molecular flexibility index (Phi) is 2.43. The third-order valence-corrected chi connectivity index (χ3v) is 2.94. The minimum Gasteiger partial charge on any atom is -0.375 e. The first-order chi connectivity index (χ1) is 7.00. The standard InChI is InChI=1S/C12H17FN2/c1-15(2)11-4-3-9(7-10(11)13)8-12(14)5-6-12/h3-4,7H,5-6,8,14H2,1-2H3. The molecule has 1 fully saturated rings. The molecule has 1 aromatic rings. The van der Waals surface area contributed by atoms with Crippen LogP contribution in [0.4, 0.5) is 10.1 Å². The Bertz CT molecular complexity index is 370. The molecule has 1 aliphatic carbocycles. The summed E-state index contributed by atoms with van der Waals surface area (Å²) in [5, 5.41) is 0. The lowest BCUT2D eigenvalue weighted by atomic mass is 10.0. The minimum absolute atomic E-state index is 0.0495. The maximum atomic E-state index is 13.6. The molecule has 0 aliphatic heterocycles. The van der Waals surface area contributed by atoms with Gasteiger partial charge in [-0.3, -0.25) is 0 Å². The molecule has 0 saturated heterocycles. The average molecular weight is 208 g/mol. The number of nitrogens with two attached hydrogens (primary N) is 1. The summed E-state index contributed by atoms with van der Waals surface area (Å²) in [5.41, 5.74) is 7.57. The Morgan fingerprint density at radius 3 is 2.53 bits per heavy atom. The van der Waals surface area contributed by atoms with Gasteiger partial charge in [0.05, 0.1) is 5.69 Å². The van der Waals surface area contributed by atoms with Gasteiger partial charge in [0.2, 0.25) is 0 Å². The molecule has 0 aromatic heterocycles. The highest BCUT2D eigenvalue weighted by molar-refractivity contribution is 5.48. The quantitative estimate of drug-likeness (QED) is 0.822. The first-order valence-electron chi connectivity index (χ1n) is 5.25. The third kappa shape index (κ3) is 2.29. The van der Waals surface area contributed by atoms with Crippen molar-refractivity contribution < 1.29 is 4.39 Å². The number of hydrogen-bond acceptors (Lipinski definition) is 2. The molecule has 2 nitrogen and oxygen atoms in total. The molecule has 0 heterocycles. The Morgan fingerprint density at radius 2 is 2.07 bits per heavy atom. The van der Waals surface area contributed by atoms with Gasteiger partial charge in [0.25, 0.3) is 0 Å². The van der Waals surface area contributed by atoms with Crippen molar-refractivity contribution in [3.05, 3.63) is 29.6 Å². The second-order valence-corrected chi connectivity index (χ2v) is 4.72. The van der Waals surface area contributed by atoms with E-state index in [0.717, 1.165) is 24.8 Å². The lowest BCUT2D eigenvalue weighted by Crippen LogP contribution is -2.24. The number of benzene rings is 1. The van der Waals surface area contributed by atoms with Gasteiger partial charge in [0.15, 0.2) is 0 Å². The van der Waals surface area contributed by atoms with E-state index >= 15 is 0 Å². The maximum Gasteiger partial charge on any atom is 0.146 e. The van der Waals surface area contributed by atoms with Crippen molar-refractivity contribution >= 4 is 5.69 Å². The topological polar surface area (TPSA) is 29.3 Å². The highest BCUT2D eigenvalue weighted by Gasteiger charge is 2.37. The second kappa shape index (κ2) is 3.49. The summed E-state index contributed by atoms with van der Waals surface area (Å²) in [6, 6.07) is 5.38. The number of rotatable bonds is 3. The van der Waals surface area contributed by atoms with E-state index in [9.17, 15) is 4.39 Å². The van der Waals surface area contributed by atoms with E-state index < -0.39 is 0 Å². The van der Waals surface area contributed by atoms with Crippen LogP contribution in [-0.2, 0) is 6.42 Å². The SMILES string of the molecule is CN(C)c1ccc(CC2(N)CC2)cc1F. The smallest absolute Gasteiger partial charge is 0.146 e. The van der Waals surface area contributed by atoms with Crippen LogP contribution in [0.5, 0.6) is 0 Å². The summed E-state index contributed by atoms with van der Waals surface area (Å²) >= 11 is 0. The van der Waals surface area contributed by atoms with Crippen LogP contribution < -0.4 is 10.6 Å². The van der Waals surface area contributed by atoms with Crippen molar-refractivity contribution in [3.8, 4) is 0 Å². The fourth-order valence-electron chi connectivity index (χ4n) is 1.77. The van der Waals surface area contributed by atoms with Gasteiger partial charge in [-0.05, 0) is 37.0 Å². The van der Waals surface area contributed by atoms with E-state index in [0.29, 0.717) is 5.69 Å². The van der Waals surface area contributed by atoms with E-state index in [1.807, 2.05) is 26.2 Å². The van der Waals surface area contributed by atoms with Gasteiger partial charge in [0, 0.05) is 19.6 Å². The highest BCUT2D eigenvalue weighted by Crippen LogP contribution is 2.36. The van der Waals surface area contributed by atoms with E-state index in [2.05, 4.69) is 0 Å². The number of halogens is 1. The molecule has 0 spiro atoms. The predicted octanol–water partition coefficient (Wildman–Crippen LogP) is 1.93. The van der Waals surface area contributed by atoms with Crippen LogP contribution in [0, 0.1) is 5.82 Å². The Morgan fingerprint density at radius 1 is 1.40 bits per heavy atom. The Hall–Kier alpha value is -1.09. The van der Waals surface area contributed by atoms with Gasteiger partial charge < -0.3 is 10.6 Å². The predicted molar refractivity (Wildman–Crippen MR) is 60.6 cm³/mol. The number of nitrogens with zero attached hydrogens (tertiary/aromatic N) is 1. The normalized spacial score (nSPS) is 17.6. The second-order valence-electron chi connectivity index (χ2n) is 4.72. The van der Waals surface area contributed by atoms with Crippen LogP contribution in [0.1, 0.15) is 18.4 Å². The van der Waals surface area contributed by atoms with Crippen LogP contribution in [-0.4, -0.2) is 19.6 Å². The molecule has 15 heavy (non-hydrogen) atoms. The zero-order valence-electron chi connectivity index (χ0n) is 9.26. The molecular formula is C12H17FN2. The number of anilines is 1. The largest absolute Gasteiger partial charge is 0.375 e. The fourth-order valence-corrected chi connectivity index (χ4v) is 1.77. The van der Waals surface area contributed by atoms with E-state index in [1.165, 1.54) is 0 Å². The summed E-state index contributed by atoms with van der Waals surface area (Å²) in [4.78, 5) is 1.77. The summed E-state index contributed by atoms with van der Waals surface area (Å²) in [6.07, 6.45) is 2.91. The van der Waals surface area contributed by atoms with E-state index in [-0.39, 0.29) is 11.4 Å². The molecule has 1 aliphatic rings. The summed E-state index contributed by atoms with van der Waals surface area (Å²) in [7, 11) is 3.67. The van der Waals surface area contributed by atoms with Crippen molar-refractivity contribution in [2.75, 3.05) is 19.0 Å². The molecule has 0 amide bonds. The van der Waals surface area contributed by atoms with Crippen LogP contribution >= 0.6 is 0 Å². The van der Waals surface area contributed by atoms with Crippen molar-refractivity contribution in [2.24, 2.45) is 5.73 Å². The van der Waals surface area contributed by atoms with Gasteiger partial charge in [-0.15, -0.1) is 0 Å². The Balaban J connectivity index is 2.17. The third-order valence-electron chi connectivity index (χ3n) is 2.94. The van der Waals surface area contributed by atoms with Gasteiger partial charge in [-0.1, -0.05) is 6.07 Å². The number of hydrogen-bond donors (Lipinski definition) is 1. The molecule has 0 radical (unpaired) electrons. The molecule has 2 N–H and O–H groups in total. The van der Waals surface area contributed by atoms with Gasteiger partial charge >= 0.3 is 0 Å². The van der Waals surface area contributed by atoms with Gasteiger partial charge in [-0.2, -0.15) is 0 Å². The molecule has 0 unspecified atom stereocenters. The molecule has 2 rings (SSSR count). The molecule has 82 valence electrons. The molecule has 0 bridgehead atoms. The lowest BCUT2D eigenvalue weighted by Gasteiger charge is -2.15. The van der Waals surface area contributed by atoms with Crippen molar-refractivity contribution in [1.82, 2.24) is 0 Å². The molecule has 1 aromatic carbocycles. The van der Waals surface area contributed by atoms with E-state index in [4.69, 9.17) is 5.73 Å². The summed E-state index contributed by atoms with van der Waals surface area (Å²) in [6.45, 7) is 0. The molecule has 1 saturated carbocycles. The fraction of sp³-hybridized carbons (Fsp3) is 0.500. The van der Waals surface area contributed by atoms with Crippen LogP contribution in [0.15, 0.2) is 18.2 Å². The lowest BCUT2D eigenvalue weighted by molar-refractivity contribution is 0.617. The summed E-state index contributed by atoms with van der Waals surface area (Å²) in [5.74, 6) is -0.165. The van der Waals surface area contributed by atoms with Crippen LogP contribution in [0.25, 0.3) is 0 Å². The van der Waals surface area contributed by atoms with Crippen molar-refractivity contribution in [1.29, 1.82) is 0 Å².